The Morgan fingerprint density at radius 2 is 1.25 bits per heavy atom. The van der Waals surface area contributed by atoms with Gasteiger partial charge in [0.2, 0.25) is 0 Å². The third-order valence-corrected chi connectivity index (χ3v) is 3.69. The van der Waals surface area contributed by atoms with E-state index in [-0.39, 0.29) is 11.2 Å². The van der Waals surface area contributed by atoms with Gasteiger partial charge in [0.1, 0.15) is 0 Å². The number of benzene rings is 2. The van der Waals surface area contributed by atoms with Gasteiger partial charge in [-0.25, -0.2) is 0 Å². The minimum absolute atomic E-state index is 0.0377. The fourth-order valence-electron chi connectivity index (χ4n) is 2.23. The standard InChI is InChI=1S/C17H14F6N2O2S/c1-26-13-4-3-11(8-14(13)27-2)24-15(28)25-12-6-9(16(18,19)20)5-10(7-12)17(21,22)23/h3-8H,1-2H3,(H2,24,25,28). The van der Waals surface area contributed by atoms with Crippen molar-refractivity contribution in [3.05, 3.63) is 47.5 Å². The van der Waals surface area contributed by atoms with Crippen molar-refractivity contribution in [3.63, 3.8) is 0 Å². The third-order valence-electron chi connectivity index (χ3n) is 3.49. The number of methoxy groups -OCH3 is 2. The van der Waals surface area contributed by atoms with Crippen LogP contribution in [0.2, 0.25) is 0 Å². The van der Waals surface area contributed by atoms with Crippen molar-refractivity contribution in [3.8, 4) is 11.5 Å². The Bertz CT molecular complexity index is 835. The highest BCUT2D eigenvalue weighted by atomic mass is 32.1. The number of hydrogen-bond donors (Lipinski definition) is 2. The molecule has 0 aliphatic heterocycles. The summed E-state index contributed by atoms with van der Waals surface area (Å²) in [5.74, 6) is 0.786. The van der Waals surface area contributed by atoms with Crippen molar-refractivity contribution in [2.24, 2.45) is 0 Å². The van der Waals surface area contributed by atoms with Crippen LogP contribution in [0.5, 0.6) is 11.5 Å². The van der Waals surface area contributed by atoms with E-state index in [1.54, 1.807) is 12.1 Å². The van der Waals surface area contributed by atoms with Gasteiger partial charge in [-0.2, -0.15) is 26.3 Å². The Morgan fingerprint density at radius 1 is 0.750 bits per heavy atom. The zero-order chi connectivity index (χ0) is 21.1. The molecule has 0 amide bonds. The molecule has 2 N–H and O–H groups in total. The summed E-state index contributed by atoms with van der Waals surface area (Å²) < 4.78 is 87.6. The summed E-state index contributed by atoms with van der Waals surface area (Å²) in [5.41, 5.74) is -2.96. The fourth-order valence-corrected chi connectivity index (χ4v) is 2.47. The molecule has 0 bridgehead atoms. The molecule has 2 rings (SSSR count). The van der Waals surface area contributed by atoms with Gasteiger partial charge in [-0.05, 0) is 42.5 Å². The van der Waals surface area contributed by atoms with Crippen molar-refractivity contribution in [2.45, 2.75) is 12.4 Å². The largest absolute Gasteiger partial charge is 0.493 e. The molecule has 2 aromatic rings. The topological polar surface area (TPSA) is 42.5 Å². The van der Waals surface area contributed by atoms with Gasteiger partial charge in [0.15, 0.2) is 16.6 Å². The first-order valence-electron chi connectivity index (χ1n) is 7.53. The number of nitrogens with one attached hydrogen (secondary N) is 2. The normalized spacial score (nSPS) is 11.7. The molecule has 0 aromatic heterocycles. The molecule has 152 valence electrons. The van der Waals surface area contributed by atoms with Crippen LogP contribution in [0.4, 0.5) is 37.7 Å². The van der Waals surface area contributed by atoms with Gasteiger partial charge in [0.05, 0.1) is 25.3 Å². The molecule has 0 saturated heterocycles. The molecule has 0 heterocycles. The fraction of sp³-hybridized carbons (Fsp3) is 0.235. The first-order chi connectivity index (χ1) is 12.9. The molecule has 11 heteroatoms. The van der Waals surface area contributed by atoms with Gasteiger partial charge < -0.3 is 20.1 Å². The van der Waals surface area contributed by atoms with Crippen molar-refractivity contribution < 1.29 is 35.8 Å². The highest BCUT2D eigenvalue weighted by Crippen LogP contribution is 2.37. The second-order valence-electron chi connectivity index (χ2n) is 5.44. The van der Waals surface area contributed by atoms with Crippen LogP contribution in [0, 0.1) is 0 Å². The summed E-state index contributed by atoms with van der Waals surface area (Å²) in [6.07, 6.45) is -9.90. The summed E-state index contributed by atoms with van der Waals surface area (Å²) in [7, 11) is 2.84. The number of ether oxygens (including phenoxy) is 2. The van der Waals surface area contributed by atoms with Crippen molar-refractivity contribution in [2.75, 3.05) is 24.9 Å². The van der Waals surface area contributed by atoms with E-state index in [4.69, 9.17) is 21.7 Å². The van der Waals surface area contributed by atoms with Gasteiger partial charge in [0, 0.05) is 17.4 Å². The van der Waals surface area contributed by atoms with E-state index in [0.29, 0.717) is 29.3 Å². The van der Waals surface area contributed by atoms with Crippen LogP contribution in [-0.4, -0.2) is 19.3 Å². The van der Waals surface area contributed by atoms with Crippen LogP contribution in [0.15, 0.2) is 36.4 Å². The first kappa shape index (κ1) is 21.6. The van der Waals surface area contributed by atoms with E-state index in [1.165, 1.54) is 20.3 Å². The lowest BCUT2D eigenvalue weighted by Crippen LogP contribution is -2.20. The van der Waals surface area contributed by atoms with E-state index in [0.717, 1.165) is 0 Å². The number of halogens is 6. The van der Waals surface area contributed by atoms with Gasteiger partial charge in [-0.1, -0.05) is 0 Å². The Labute approximate surface area is 161 Å². The van der Waals surface area contributed by atoms with Crippen LogP contribution in [0.25, 0.3) is 0 Å². The summed E-state index contributed by atoms with van der Waals surface area (Å²) in [6.45, 7) is 0. The molecule has 0 radical (unpaired) electrons. The predicted molar refractivity (Wildman–Crippen MR) is 95.8 cm³/mol. The van der Waals surface area contributed by atoms with Crippen LogP contribution in [-0.2, 0) is 12.4 Å². The minimum Gasteiger partial charge on any atom is -0.493 e. The molecule has 0 fully saturated rings. The number of rotatable bonds is 4. The van der Waals surface area contributed by atoms with E-state index >= 15 is 0 Å². The molecular formula is C17H14F6N2O2S. The van der Waals surface area contributed by atoms with E-state index in [1.807, 2.05) is 0 Å². The Balaban J connectivity index is 2.26. The smallest absolute Gasteiger partial charge is 0.416 e. The Morgan fingerprint density at radius 3 is 1.71 bits per heavy atom. The van der Waals surface area contributed by atoms with Gasteiger partial charge >= 0.3 is 12.4 Å². The molecular weight excluding hydrogens is 410 g/mol. The SMILES string of the molecule is COc1ccc(NC(=S)Nc2cc(C(F)(F)F)cc(C(F)(F)F)c2)cc1OC. The first-order valence-corrected chi connectivity index (χ1v) is 7.94. The number of alkyl halides is 6. The highest BCUT2D eigenvalue weighted by molar-refractivity contribution is 7.80. The monoisotopic (exact) mass is 424 g/mol. The van der Waals surface area contributed by atoms with E-state index < -0.39 is 29.2 Å². The molecule has 4 nitrogen and oxygen atoms in total. The quantitative estimate of drug-likeness (QED) is 0.498. The zero-order valence-corrected chi connectivity index (χ0v) is 15.3. The number of anilines is 2. The van der Waals surface area contributed by atoms with E-state index in [9.17, 15) is 26.3 Å². The van der Waals surface area contributed by atoms with Crippen LogP contribution < -0.4 is 20.1 Å². The van der Waals surface area contributed by atoms with Crippen LogP contribution >= 0.6 is 12.2 Å². The zero-order valence-electron chi connectivity index (χ0n) is 14.5. The van der Waals surface area contributed by atoms with Crippen molar-refractivity contribution in [1.82, 2.24) is 0 Å². The maximum Gasteiger partial charge on any atom is 0.416 e. The lowest BCUT2D eigenvalue weighted by atomic mass is 10.1. The predicted octanol–water partition coefficient (Wildman–Crippen LogP) is 5.55. The Hall–Kier alpha value is -2.69. The molecule has 0 saturated carbocycles. The van der Waals surface area contributed by atoms with Gasteiger partial charge in [-0.3, -0.25) is 0 Å². The molecule has 0 spiro atoms. The second kappa shape index (κ2) is 8.13. The van der Waals surface area contributed by atoms with Crippen LogP contribution in [0.3, 0.4) is 0 Å². The molecule has 0 aliphatic carbocycles. The minimum atomic E-state index is -4.95. The number of hydrogen-bond acceptors (Lipinski definition) is 3. The van der Waals surface area contributed by atoms with Crippen molar-refractivity contribution >= 4 is 28.7 Å². The summed E-state index contributed by atoms with van der Waals surface area (Å²) in [5, 5.41) is 4.78. The summed E-state index contributed by atoms with van der Waals surface area (Å²) >= 11 is 4.98. The molecule has 0 aliphatic rings. The maximum atomic E-state index is 12.9. The highest BCUT2D eigenvalue weighted by Gasteiger charge is 2.37. The lowest BCUT2D eigenvalue weighted by molar-refractivity contribution is -0.143. The second-order valence-corrected chi connectivity index (χ2v) is 5.85. The average Bonchev–Trinajstić information content (AvgIpc) is 2.59. The molecule has 28 heavy (non-hydrogen) atoms. The number of thiocarbonyl (C=S) groups is 1. The summed E-state index contributed by atoms with van der Waals surface area (Å²) in [4.78, 5) is 0. The van der Waals surface area contributed by atoms with Gasteiger partial charge in [0.25, 0.3) is 0 Å². The third kappa shape index (κ3) is 5.41. The molecule has 0 atom stereocenters. The average molecular weight is 424 g/mol. The lowest BCUT2D eigenvalue weighted by Gasteiger charge is -2.16. The van der Waals surface area contributed by atoms with Crippen molar-refractivity contribution in [1.29, 1.82) is 0 Å². The Kier molecular flexibility index (Phi) is 6.27. The van der Waals surface area contributed by atoms with Gasteiger partial charge in [-0.15, -0.1) is 0 Å². The van der Waals surface area contributed by atoms with Crippen LogP contribution in [0.1, 0.15) is 11.1 Å². The molecule has 2 aromatic carbocycles. The summed E-state index contributed by atoms with van der Waals surface area (Å²) in [6, 6.07) is 5.71. The molecule has 0 unspecified atom stereocenters. The van der Waals surface area contributed by atoms with E-state index in [2.05, 4.69) is 10.6 Å². The maximum absolute atomic E-state index is 12.9.